The van der Waals surface area contributed by atoms with Crippen LogP contribution in [0.15, 0.2) is 29.1 Å². The van der Waals surface area contributed by atoms with Crippen LogP contribution in [0.25, 0.3) is 11.4 Å². The van der Waals surface area contributed by atoms with Gasteiger partial charge in [-0.2, -0.15) is 0 Å². The maximum absolute atomic E-state index is 12.6. The number of hydrogen-bond acceptors (Lipinski definition) is 7. The maximum atomic E-state index is 12.6. The van der Waals surface area contributed by atoms with E-state index < -0.39 is 0 Å². The van der Waals surface area contributed by atoms with Crippen LogP contribution in [0.5, 0.6) is 5.75 Å². The molecule has 9 nitrogen and oxygen atoms in total. The second kappa shape index (κ2) is 11.6. The summed E-state index contributed by atoms with van der Waals surface area (Å²) in [6.07, 6.45) is 2.54. The molecule has 1 amide bonds. The van der Waals surface area contributed by atoms with Gasteiger partial charge in [0.1, 0.15) is 11.4 Å². The number of piperidine rings is 1. The lowest BCUT2D eigenvalue weighted by molar-refractivity contribution is -0.151. The van der Waals surface area contributed by atoms with Crippen molar-refractivity contribution in [2.24, 2.45) is 5.92 Å². The van der Waals surface area contributed by atoms with Crippen molar-refractivity contribution in [1.29, 1.82) is 0 Å². The van der Waals surface area contributed by atoms with Crippen LogP contribution in [0, 0.1) is 5.92 Å². The standard InChI is InChI=1S/C24H32N4O5/c1-4-16(3)33-19-8-6-7-18(15-19)22-25-23(30)20(26-27-22)9-10-21(29)28-13-11-17(12-14-28)24(31)32-5-2/h6-8,15-17H,4-5,9-14H2,1-3H3,(H,25,27,30). The van der Waals surface area contributed by atoms with Crippen LogP contribution < -0.4 is 10.3 Å². The molecule has 3 rings (SSSR count). The van der Waals surface area contributed by atoms with Crippen LogP contribution in [0.2, 0.25) is 0 Å². The quantitative estimate of drug-likeness (QED) is 0.577. The van der Waals surface area contributed by atoms with E-state index in [1.165, 1.54) is 0 Å². The minimum atomic E-state index is -0.359. The Hall–Kier alpha value is -3.23. The second-order valence-corrected chi connectivity index (χ2v) is 8.22. The molecular weight excluding hydrogens is 424 g/mol. The van der Waals surface area contributed by atoms with Crippen LogP contribution >= 0.6 is 0 Å². The molecular formula is C24H32N4O5. The molecule has 9 heteroatoms. The van der Waals surface area contributed by atoms with E-state index in [-0.39, 0.29) is 48.0 Å². The predicted octanol–water partition coefficient (Wildman–Crippen LogP) is 2.74. The highest BCUT2D eigenvalue weighted by Gasteiger charge is 2.28. The molecule has 1 N–H and O–H groups in total. The predicted molar refractivity (Wildman–Crippen MR) is 123 cm³/mol. The zero-order chi connectivity index (χ0) is 23.8. The number of esters is 1. The smallest absolute Gasteiger partial charge is 0.309 e. The van der Waals surface area contributed by atoms with Crippen molar-refractivity contribution < 1.29 is 19.1 Å². The summed E-state index contributed by atoms with van der Waals surface area (Å²) in [5.74, 6) is 0.655. The monoisotopic (exact) mass is 456 g/mol. The topological polar surface area (TPSA) is 114 Å². The minimum absolute atomic E-state index is 0.0579. The van der Waals surface area contributed by atoms with Crippen molar-refractivity contribution in [3.63, 3.8) is 0 Å². The lowest BCUT2D eigenvalue weighted by atomic mass is 9.96. The van der Waals surface area contributed by atoms with Crippen molar-refractivity contribution in [3.8, 4) is 17.1 Å². The Bertz CT molecular complexity index is 1010. The Morgan fingerprint density at radius 1 is 1.21 bits per heavy atom. The van der Waals surface area contributed by atoms with E-state index in [2.05, 4.69) is 15.2 Å². The molecule has 2 aromatic rings. The Morgan fingerprint density at radius 2 is 1.97 bits per heavy atom. The van der Waals surface area contributed by atoms with Crippen molar-refractivity contribution >= 4 is 11.9 Å². The molecule has 1 atom stereocenters. The van der Waals surface area contributed by atoms with Gasteiger partial charge in [-0.1, -0.05) is 19.1 Å². The van der Waals surface area contributed by atoms with Crippen LogP contribution in [0.4, 0.5) is 0 Å². The van der Waals surface area contributed by atoms with Gasteiger partial charge >= 0.3 is 5.97 Å². The lowest BCUT2D eigenvalue weighted by Gasteiger charge is -2.30. The Morgan fingerprint density at radius 3 is 2.64 bits per heavy atom. The lowest BCUT2D eigenvalue weighted by Crippen LogP contribution is -2.40. The van der Waals surface area contributed by atoms with Gasteiger partial charge in [0.15, 0.2) is 5.82 Å². The summed E-state index contributed by atoms with van der Waals surface area (Å²) in [5.41, 5.74) is 0.565. The highest BCUT2D eigenvalue weighted by Crippen LogP contribution is 2.22. The minimum Gasteiger partial charge on any atom is -0.491 e. The van der Waals surface area contributed by atoms with E-state index in [1.807, 2.05) is 38.1 Å². The molecule has 33 heavy (non-hydrogen) atoms. The fourth-order valence-electron chi connectivity index (χ4n) is 3.69. The number of benzene rings is 1. The third kappa shape index (κ3) is 6.63. The van der Waals surface area contributed by atoms with Crippen LogP contribution in [-0.4, -0.2) is 57.8 Å². The van der Waals surface area contributed by atoms with Crippen LogP contribution in [0.1, 0.15) is 52.1 Å². The molecule has 1 aromatic heterocycles. The number of hydrogen-bond donors (Lipinski definition) is 1. The number of aromatic nitrogens is 3. The Kier molecular flexibility index (Phi) is 8.57. The molecule has 0 bridgehead atoms. The average Bonchev–Trinajstić information content (AvgIpc) is 2.83. The number of likely N-dealkylation sites (tertiary alicyclic amines) is 1. The molecule has 0 aliphatic carbocycles. The molecule has 1 aromatic carbocycles. The third-order valence-corrected chi connectivity index (χ3v) is 5.83. The van der Waals surface area contributed by atoms with Gasteiger partial charge < -0.3 is 19.4 Å². The van der Waals surface area contributed by atoms with E-state index >= 15 is 0 Å². The van der Waals surface area contributed by atoms with Gasteiger partial charge in [0.25, 0.3) is 5.56 Å². The van der Waals surface area contributed by atoms with Gasteiger partial charge in [-0.05, 0) is 45.2 Å². The van der Waals surface area contributed by atoms with Crippen molar-refractivity contribution in [2.45, 2.75) is 59.0 Å². The SMILES string of the molecule is CCOC(=O)C1CCN(C(=O)CCc2nnc(-c3cccc(OC(C)CC)c3)[nH]c2=O)CC1. The number of nitrogens with zero attached hydrogens (tertiary/aromatic N) is 3. The van der Waals surface area contributed by atoms with E-state index in [9.17, 15) is 14.4 Å². The first-order valence-corrected chi connectivity index (χ1v) is 11.6. The second-order valence-electron chi connectivity index (χ2n) is 8.22. The summed E-state index contributed by atoms with van der Waals surface area (Å²) in [4.78, 5) is 41.4. The normalized spacial score (nSPS) is 15.2. The van der Waals surface area contributed by atoms with Gasteiger partial charge in [-0.3, -0.25) is 14.4 Å². The van der Waals surface area contributed by atoms with Gasteiger partial charge in [0.05, 0.1) is 18.6 Å². The number of aryl methyl sites for hydroxylation is 1. The van der Waals surface area contributed by atoms with Crippen molar-refractivity contribution in [3.05, 3.63) is 40.3 Å². The highest BCUT2D eigenvalue weighted by atomic mass is 16.5. The third-order valence-electron chi connectivity index (χ3n) is 5.83. The summed E-state index contributed by atoms with van der Waals surface area (Å²) in [6, 6.07) is 7.34. The summed E-state index contributed by atoms with van der Waals surface area (Å²) < 4.78 is 10.9. The first-order valence-electron chi connectivity index (χ1n) is 11.6. The molecule has 2 heterocycles. The summed E-state index contributed by atoms with van der Waals surface area (Å²) in [5, 5.41) is 8.22. The molecule has 1 aliphatic heterocycles. The average molecular weight is 457 g/mol. The number of rotatable bonds is 9. The van der Waals surface area contributed by atoms with Gasteiger partial charge in [0, 0.05) is 31.5 Å². The van der Waals surface area contributed by atoms with E-state index in [1.54, 1.807) is 11.8 Å². The van der Waals surface area contributed by atoms with E-state index in [0.29, 0.717) is 49.7 Å². The van der Waals surface area contributed by atoms with Crippen molar-refractivity contribution in [1.82, 2.24) is 20.1 Å². The molecule has 1 aliphatic rings. The van der Waals surface area contributed by atoms with Crippen LogP contribution in [0.3, 0.4) is 0 Å². The van der Waals surface area contributed by atoms with Gasteiger partial charge in [-0.15, -0.1) is 10.2 Å². The maximum Gasteiger partial charge on any atom is 0.309 e. The summed E-state index contributed by atoms with van der Waals surface area (Å²) in [6.45, 7) is 7.22. The fourth-order valence-corrected chi connectivity index (χ4v) is 3.69. The number of aromatic amines is 1. The number of nitrogens with one attached hydrogen (secondary N) is 1. The number of ether oxygens (including phenoxy) is 2. The molecule has 1 saturated heterocycles. The number of carbonyl (C=O) groups is 2. The Labute approximate surface area is 193 Å². The zero-order valence-electron chi connectivity index (χ0n) is 19.5. The highest BCUT2D eigenvalue weighted by molar-refractivity contribution is 5.77. The summed E-state index contributed by atoms with van der Waals surface area (Å²) in [7, 11) is 0. The molecule has 178 valence electrons. The van der Waals surface area contributed by atoms with Gasteiger partial charge in [-0.25, -0.2) is 0 Å². The van der Waals surface area contributed by atoms with Crippen molar-refractivity contribution in [2.75, 3.05) is 19.7 Å². The van der Waals surface area contributed by atoms with E-state index in [0.717, 1.165) is 6.42 Å². The molecule has 0 spiro atoms. The molecule has 1 unspecified atom stereocenters. The van der Waals surface area contributed by atoms with Crippen LogP contribution in [-0.2, 0) is 20.7 Å². The first-order chi connectivity index (χ1) is 15.9. The fraction of sp³-hybridized carbons (Fsp3) is 0.542. The van der Waals surface area contributed by atoms with Gasteiger partial charge in [0.2, 0.25) is 5.91 Å². The molecule has 0 saturated carbocycles. The zero-order valence-corrected chi connectivity index (χ0v) is 19.5. The Balaban J connectivity index is 1.56. The number of H-pyrrole nitrogens is 1. The molecule has 0 radical (unpaired) electrons. The van der Waals surface area contributed by atoms with E-state index in [4.69, 9.17) is 9.47 Å². The molecule has 1 fully saturated rings. The summed E-state index contributed by atoms with van der Waals surface area (Å²) >= 11 is 0. The first kappa shape index (κ1) is 24.4. The number of carbonyl (C=O) groups excluding carboxylic acids is 2. The largest absolute Gasteiger partial charge is 0.491 e. The number of amides is 1.